The molecule has 126 valence electrons. The summed E-state index contributed by atoms with van der Waals surface area (Å²) in [6, 6.07) is 6.59. The third-order valence-electron chi connectivity index (χ3n) is 3.76. The predicted octanol–water partition coefficient (Wildman–Crippen LogP) is 2.20. The van der Waals surface area contributed by atoms with E-state index >= 15 is 0 Å². The van der Waals surface area contributed by atoms with E-state index in [9.17, 15) is 8.42 Å². The Bertz CT molecular complexity index is 942. The summed E-state index contributed by atoms with van der Waals surface area (Å²) in [6.45, 7) is 1.96. The first kappa shape index (κ1) is 16.4. The molecule has 8 heteroatoms. The second-order valence-corrected chi connectivity index (χ2v) is 7.54. The van der Waals surface area contributed by atoms with E-state index in [1.54, 1.807) is 61.5 Å². The molecule has 0 aliphatic heterocycles. The van der Waals surface area contributed by atoms with Gasteiger partial charge in [0.25, 0.3) is 0 Å². The van der Waals surface area contributed by atoms with E-state index in [0.29, 0.717) is 17.4 Å². The number of aromatic nitrogens is 3. The number of benzene rings is 1. The second kappa shape index (κ2) is 6.21. The van der Waals surface area contributed by atoms with Gasteiger partial charge in [-0.05, 0) is 12.1 Å². The van der Waals surface area contributed by atoms with Crippen molar-refractivity contribution in [2.75, 3.05) is 7.05 Å². The van der Waals surface area contributed by atoms with Crippen LogP contribution in [-0.2, 0) is 23.6 Å². The molecule has 0 radical (unpaired) electrons. The Balaban J connectivity index is 1.83. The van der Waals surface area contributed by atoms with Gasteiger partial charge in [0.05, 0.1) is 11.4 Å². The highest BCUT2D eigenvalue weighted by Crippen LogP contribution is 2.22. The number of rotatable bonds is 5. The minimum absolute atomic E-state index is 0.204. The lowest BCUT2D eigenvalue weighted by Crippen LogP contribution is -2.27. The van der Waals surface area contributed by atoms with Crippen molar-refractivity contribution in [2.24, 2.45) is 7.05 Å². The molecule has 0 saturated carbocycles. The van der Waals surface area contributed by atoms with Crippen molar-refractivity contribution in [2.45, 2.75) is 18.4 Å². The van der Waals surface area contributed by atoms with Crippen molar-refractivity contribution in [3.63, 3.8) is 0 Å². The highest BCUT2D eigenvalue weighted by molar-refractivity contribution is 7.89. The van der Waals surface area contributed by atoms with Crippen LogP contribution in [-0.4, -0.2) is 34.3 Å². The van der Waals surface area contributed by atoms with Gasteiger partial charge in [0.2, 0.25) is 10.0 Å². The molecule has 0 N–H and O–H groups in total. The van der Waals surface area contributed by atoms with Crippen molar-refractivity contribution < 1.29 is 12.8 Å². The molecule has 2 aromatic heterocycles. The molecule has 0 bridgehead atoms. The Labute approximate surface area is 140 Å². The zero-order chi connectivity index (χ0) is 17.3. The van der Waals surface area contributed by atoms with E-state index in [0.717, 1.165) is 5.56 Å². The minimum Gasteiger partial charge on any atom is -0.449 e. The maximum absolute atomic E-state index is 12.7. The van der Waals surface area contributed by atoms with E-state index in [1.807, 2.05) is 7.05 Å². The van der Waals surface area contributed by atoms with Crippen LogP contribution in [0.5, 0.6) is 0 Å². The molecule has 24 heavy (non-hydrogen) atoms. The fourth-order valence-corrected chi connectivity index (χ4v) is 3.43. The zero-order valence-corrected chi connectivity index (χ0v) is 14.5. The normalized spacial score (nSPS) is 12.0. The van der Waals surface area contributed by atoms with Crippen LogP contribution >= 0.6 is 0 Å². The molecule has 0 unspecified atom stereocenters. The number of nitrogens with zero attached hydrogens (tertiary/aromatic N) is 4. The van der Waals surface area contributed by atoms with E-state index in [2.05, 4.69) is 9.97 Å². The maximum Gasteiger partial charge on any atom is 0.243 e. The van der Waals surface area contributed by atoms with Crippen LogP contribution in [0.25, 0.3) is 11.3 Å². The summed E-state index contributed by atoms with van der Waals surface area (Å²) >= 11 is 0. The van der Waals surface area contributed by atoms with Crippen LogP contribution in [0.2, 0.25) is 0 Å². The van der Waals surface area contributed by atoms with Crippen molar-refractivity contribution in [1.29, 1.82) is 0 Å². The highest BCUT2D eigenvalue weighted by Gasteiger charge is 2.22. The summed E-state index contributed by atoms with van der Waals surface area (Å²) in [5.74, 6) is 1.24. The van der Waals surface area contributed by atoms with E-state index in [-0.39, 0.29) is 11.4 Å². The third-order valence-corrected chi connectivity index (χ3v) is 5.58. The summed E-state index contributed by atoms with van der Waals surface area (Å²) in [6.07, 6.45) is 4.97. The van der Waals surface area contributed by atoms with Crippen molar-refractivity contribution in [1.82, 2.24) is 18.8 Å². The molecule has 7 nitrogen and oxygen atoms in total. The van der Waals surface area contributed by atoms with E-state index < -0.39 is 10.0 Å². The minimum atomic E-state index is -3.59. The van der Waals surface area contributed by atoms with Gasteiger partial charge in [-0.15, -0.1) is 0 Å². The molecule has 3 aromatic rings. The number of imidazole rings is 1. The van der Waals surface area contributed by atoms with Crippen molar-refractivity contribution >= 4 is 10.0 Å². The summed E-state index contributed by atoms with van der Waals surface area (Å²) in [4.78, 5) is 8.61. The SMILES string of the molecule is Cc1nc(-c2ccc(S(=O)(=O)N(C)Cc3nccn3C)cc2)co1. The maximum atomic E-state index is 12.7. The second-order valence-electron chi connectivity index (χ2n) is 5.49. The molecule has 0 atom stereocenters. The fraction of sp³-hybridized carbons (Fsp3) is 0.250. The van der Waals surface area contributed by atoms with Gasteiger partial charge in [-0.3, -0.25) is 0 Å². The molecule has 0 aliphatic carbocycles. The first-order valence-electron chi connectivity index (χ1n) is 7.33. The van der Waals surface area contributed by atoms with Gasteiger partial charge in [0, 0.05) is 39.0 Å². The van der Waals surface area contributed by atoms with Gasteiger partial charge in [0.1, 0.15) is 17.8 Å². The molecule has 0 fully saturated rings. The predicted molar refractivity (Wildman–Crippen MR) is 88.5 cm³/mol. The van der Waals surface area contributed by atoms with Crippen LogP contribution in [0.3, 0.4) is 0 Å². The van der Waals surface area contributed by atoms with Crippen LogP contribution in [0.4, 0.5) is 0 Å². The highest BCUT2D eigenvalue weighted by atomic mass is 32.2. The van der Waals surface area contributed by atoms with Gasteiger partial charge in [-0.1, -0.05) is 12.1 Å². The number of oxazole rings is 1. The number of hydrogen-bond donors (Lipinski definition) is 0. The molecule has 3 rings (SSSR count). The molecule has 0 spiro atoms. The Morgan fingerprint density at radius 3 is 2.50 bits per heavy atom. The number of aryl methyl sites for hydroxylation is 2. The quantitative estimate of drug-likeness (QED) is 0.707. The Kier molecular flexibility index (Phi) is 4.25. The van der Waals surface area contributed by atoms with Crippen molar-refractivity contribution in [3.05, 3.63) is 54.6 Å². The fourth-order valence-electron chi connectivity index (χ4n) is 2.31. The van der Waals surface area contributed by atoms with E-state index in [4.69, 9.17) is 4.42 Å². The van der Waals surface area contributed by atoms with Gasteiger partial charge in [-0.25, -0.2) is 18.4 Å². The summed E-state index contributed by atoms with van der Waals surface area (Å²) in [5, 5.41) is 0. The standard InChI is InChI=1S/C16H18N4O3S/c1-12-18-15(11-23-12)13-4-6-14(7-5-13)24(21,22)20(3)10-16-17-8-9-19(16)2/h4-9,11H,10H2,1-3H3. The lowest BCUT2D eigenvalue weighted by molar-refractivity contribution is 0.451. The average molecular weight is 346 g/mol. The summed E-state index contributed by atoms with van der Waals surface area (Å²) < 4.78 is 33.6. The molecule has 0 amide bonds. The molecule has 1 aromatic carbocycles. The lowest BCUT2D eigenvalue weighted by atomic mass is 10.2. The molecular formula is C16H18N4O3S. The van der Waals surface area contributed by atoms with Gasteiger partial charge in [0.15, 0.2) is 5.89 Å². The molecule has 0 saturated heterocycles. The third kappa shape index (κ3) is 3.10. The first-order valence-corrected chi connectivity index (χ1v) is 8.77. The van der Waals surface area contributed by atoms with Crippen LogP contribution in [0, 0.1) is 6.92 Å². The zero-order valence-electron chi connectivity index (χ0n) is 13.7. The van der Waals surface area contributed by atoms with Crippen LogP contribution in [0.15, 0.2) is 52.2 Å². The van der Waals surface area contributed by atoms with Crippen LogP contribution in [0.1, 0.15) is 11.7 Å². The van der Waals surface area contributed by atoms with E-state index in [1.165, 1.54) is 4.31 Å². The lowest BCUT2D eigenvalue weighted by Gasteiger charge is -2.17. The monoisotopic (exact) mass is 346 g/mol. The van der Waals surface area contributed by atoms with Gasteiger partial charge in [-0.2, -0.15) is 4.31 Å². The van der Waals surface area contributed by atoms with Crippen molar-refractivity contribution in [3.8, 4) is 11.3 Å². The first-order chi connectivity index (χ1) is 11.4. The number of hydrogen-bond acceptors (Lipinski definition) is 5. The number of sulfonamides is 1. The Hall–Kier alpha value is -2.45. The largest absolute Gasteiger partial charge is 0.449 e. The molecule has 0 aliphatic rings. The summed E-state index contributed by atoms with van der Waals surface area (Å²) in [7, 11) is -0.218. The van der Waals surface area contributed by atoms with Crippen LogP contribution < -0.4 is 0 Å². The Morgan fingerprint density at radius 1 is 1.25 bits per heavy atom. The summed E-state index contributed by atoms with van der Waals surface area (Å²) in [5.41, 5.74) is 1.48. The smallest absolute Gasteiger partial charge is 0.243 e. The van der Waals surface area contributed by atoms with Gasteiger partial charge >= 0.3 is 0 Å². The van der Waals surface area contributed by atoms with Gasteiger partial charge < -0.3 is 8.98 Å². The molecule has 2 heterocycles. The Morgan fingerprint density at radius 2 is 1.96 bits per heavy atom. The topological polar surface area (TPSA) is 81.2 Å². The molecular weight excluding hydrogens is 328 g/mol. The average Bonchev–Trinajstić information content (AvgIpc) is 3.16.